The average Bonchev–Trinajstić information content (AvgIpc) is 3.04. The van der Waals surface area contributed by atoms with Gasteiger partial charge in [0.05, 0.1) is 22.6 Å². The molecular weight excluding hydrogens is 326 g/mol. The molecule has 6 nitrogen and oxygen atoms in total. The Hall–Kier alpha value is -3.54. The molecule has 0 spiro atoms. The molecule has 0 unspecified atom stereocenters. The number of para-hydroxylation sites is 1. The van der Waals surface area contributed by atoms with Crippen molar-refractivity contribution in [3.8, 4) is 5.69 Å². The minimum absolute atomic E-state index is 0.293. The van der Waals surface area contributed by atoms with Crippen LogP contribution in [0.2, 0.25) is 0 Å². The fourth-order valence-electron chi connectivity index (χ4n) is 2.96. The van der Waals surface area contributed by atoms with E-state index in [0.717, 1.165) is 22.2 Å². The van der Waals surface area contributed by atoms with E-state index in [9.17, 15) is 4.79 Å². The predicted molar refractivity (Wildman–Crippen MR) is 101 cm³/mol. The van der Waals surface area contributed by atoms with Crippen molar-refractivity contribution in [3.05, 3.63) is 77.7 Å². The Balaban J connectivity index is 1.68. The van der Waals surface area contributed by atoms with Crippen molar-refractivity contribution in [1.29, 1.82) is 0 Å². The number of fused-ring (bicyclic) bond motifs is 1. The lowest BCUT2D eigenvalue weighted by Gasteiger charge is -2.08. The van der Waals surface area contributed by atoms with Crippen LogP contribution in [0.3, 0.4) is 0 Å². The van der Waals surface area contributed by atoms with Gasteiger partial charge < -0.3 is 5.32 Å². The Bertz CT molecular complexity index is 1110. The van der Waals surface area contributed by atoms with E-state index < -0.39 is 0 Å². The first-order valence-electron chi connectivity index (χ1n) is 8.28. The summed E-state index contributed by atoms with van der Waals surface area (Å²) < 4.78 is 1.69. The number of amides is 1. The van der Waals surface area contributed by atoms with Gasteiger partial charge in [-0.15, -0.1) is 5.10 Å². The first-order valence-corrected chi connectivity index (χ1v) is 8.28. The van der Waals surface area contributed by atoms with Gasteiger partial charge in [-0.3, -0.25) is 9.78 Å². The normalized spacial score (nSPS) is 10.8. The largest absolute Gasteiger partial charge is 0.320 e. The molecule has 0 radical (unpaired) electrons. The fraction of sp³-hybridized carbons (Fsp3) is 0.100. The molecule has 6 heteroatoms. The number of aromatic nitrogens is 4. The molecule has 2 aromatic heterocycles. The number of aryl methyl sites for hydroxylation is 1. The van der Waals surface area contributed by atoms with Crippen molar-refractivity contribution in [1.82, 2.24) is 20.0 Å². The third kappa shape index (κ3) is 2.71. The Morgan fingerprint density at radius 3 is 2.69 bits per heavy atom. The highest BCUT2D eigenvalue weighted by molar-refractivity contribution is 6.08. The molecule has 0 aliphatic carbocycles. The van der Waals surface area contributed by atoms with Gasteiger partial charge in [0.25, 0.3) is 5.91 Å². The van der Waals surface area contributed by atoms with Crippen LogP contribution in [0, 0.1) is 13.8 Å². The second-order valence-electron chi connectivity index (χ2n) is 6.05. The van der Waals surface area contributed by atoms with Crippen LogP contribution in [0.5, 0.6) is 0 Å². The second kappa shape index (κ2) is 6.40. The van der Waals surface area contributed by atoms with Gasteiger partial charge in [0, 0.05) is 11.6 Å². The summed E-state index contributed by atoms with van der Waals surface area (Å²) in [6.45, 7) is 3.84. The zero-order chi connectivity index (χ0) is 18.1. The van der Waals surface area contributed by atoms with E-state index in [1.165, 1.54) is 0 Å². The second-order valence-corrected chi connectivity index (χ2v) is 6.05. The first kappa shape index (κ1) is 16.0. The molecule has 0 aliphatic heterocycles. The van der Waals surface area contributed by atoms with Crippen molar-refractivity contribution >= 4 is 22.5 Å². The van der Waals surface area contributed by atoms with Crippen LogP contribution < -0.4 is 5.32 Å². The summed E-state index contributed by atoms with van der Waals surface area (Å²) in [5.74, 6) is -0.293. The summed E-state index contributed by atoms with van der Waals surface area (Å²) in [5.41, 5.74) is 4.49. The van der Waals surface area contributed by atoms with E-state index in [1.807, 2.05) is 68.4 Å². The van der Waals surface area contributed by atoms with Gasteiger partial charge in [-0.05, 0) is 49.7 Å². The number of pyridine rings is 1. The maximum atomic E-state index is 12.8. The summed E-state index contributed by atoms with van der Waals surface area (Å²) in [5, 5.41) is 12.1. The number of nitrogens with zero attached hydrogens (tertiary/aromatic N) is 4. The maximum absolute atomic E-state index is 12.8. The molecule has 0 bridgehead atoms. The highest BCUT2D eigenvalue weighted by Gasteiger charge is 2.18. The monoisotopic (exact) mass is 343 g/mol. The van der Waals surface area contributed by atoms with E-state index >= 15 is 0 Å². The van der Waals surface area contributed by atoms with Crippen molar-refractivity contribution in [2.75, 3.05) is 5.32 Å². The number of anilines is 1. The van der Waals surface area contributed by atoms with Crippen molar-refractivity contribution in [3.63, 3.8) is 0 Å². The molecule has 4 rings (SSSR count). The quantitative estimate of drug-likeness (QED) is 0.616. The average molecular weight is 343 g/mol. The Morgan fingerprint density at radius 1 is 1.00 bits per heavy atom. The smallest absolute Gasteiger partial charge is 0.278 e. The van der Waals surface area contributed by atoms with Gasteiger partial charge in [0.15, 0.2) is 5.69 Å². The highest BCUT2D eigenvalue weighted by atomic mass is 16.2. The van der Waals surface area contributed by atoms with Crippen molar-refractivity contribution in [2.24, 2.45) is 0 Å². The van der Waals surface area contributed by atoms with Crippen LogP contribution in [-0.2, 0) is 0 Å². The van der Waals surface area contributed by atoms with Gasteiger partial charge in [-0.25, -0.2) is 4.68 Å². The number of hydrogen-bond donors (Lipinski definition) is 1. The molecule has 26 heavy (non-hydrogen) atoms. The van der Waals surface area contributed by atoms with E-state index in [4.69, 9.17) is 0 Å². The van der Waals surface area contributed by atoms with Gasteiger partial charge in [0.1, 0.15) is 0 Å². The predicted octanol–water partition coefficient (Wildman–Crippen LogP) is 3.68. The number of carbonyl (C=O) groups is 1. The number of carbonyl (C=O) groups excluding carboxylic acids is 1. The molecule has 1 N–H and O–H groups in total. The Kier molecular flexibility index (Phi) is 3.93. The Morgan fingerprint density at radius 2 is 1.85 bits per heavy atom. The van der Waals surface area contributed by atoms with E-state index in [-0.39, 0.29) is 5.91 Å². The minimum Gasteiger partial charge on any atom is -0.320 e. The van der Waals surface area contributed by atoms with Gasteiger partial charge >= 0.3 is 0 Å². The minimum atomic E-state index is -0.293. The van der Waals surface area contributed by atoms with Gasteiger partial charge in [-0.2, -0.15) is 0 Å². The number of hydrogen-bond acceptors (Lipinski definition) is 4. The molecule has 0 fully saturated rings. The molecule has 4 aromatic rings. The zero-order valence-electron chi connectivity index (χ0n) is 14.5. The molecule has 0 saturated carbocycles. The lowest BCUT2D eigenvalue weighted by atomic mass is 10.1. The first-order chi connectivity index (χ1) is 12.6. The SMILES string of the molecule is Cc1ccccc1-n1nnc(C(=O)Nc2cccc3ncccc23)c1C. The lowest BCUT2D eigenvalue weighted by molar-refractivity contribution is 0.102. The maximum Gasteiger partial charge on any atom is 0.278 e. The van der Waals surface area contributed by atoms with Gasteiger partial charge in [0.2, 0.25) is 0 Å². The summed E-state index contributed by atoms with van der Waals surface area (Å²) >= 11 is 0. The van der Waals surface area contributed by atoms with Crippen LogP contribution >= 0.6 is 0 Å². The summed E-state index contributed by atoms with van der Waals surface area (Å²) in [7, 11) is 0. The van der Waals surface area contributed by atoms with Gasteiger partial charge in [-0.1, -0.05) is 29.5 Å². The zero-order valence-corrected chi connectivity index (χ0v) is 14.5. The standard InChI is InChI=1S/C20H17N5O/c1-13-7-3-4-11-18(13)25-14(2)19(23-24-25)20(26)22-17-10-5-9-16-15(17)8-6-12-21-16/h3-12H,1-2H3,(H,22,26). The molecule has 1 amide bonds. The molecule has 0 aliphatic rings. The number of nitrogens with one attached hydrogen (secondary N) is 1. The van der Waals surface area contributed by atoms with Crippen LogP contribution in [0.15, 0.2) is 60.8 Å². The lowest BCUT2D eigenvalue weighted by Crippen LogP contribution is -2.14. The third-order valence-corrected chi connectivity index (χ3v) is 4.35. The van der Waals surface area contributed by atoms with Crippen LogP contribution in [0.25, 0.3) is 16.6 Å². The Labute approximate surface area is 150 Å². The van der Waals surface area contributed by atoms with Crippen molar-refractivity contribution in [2.45, 2.75) is 13.8 Å². The molecular formula is C20H17N5O. The third-order valence-electron chi connectivity index (χ3n) is 4.35. The molecule has 0 saturated heterocycles. The molecule has 2 aromatic carbocycles. The fourth-order valence-corrected chi connectivity index (χ4v) is 2.96. The van der Waals surface area contributed by atoms with E-state index in [1.54, 1.807) is 10.9 Å². The molecule has 128 valence electrons. The number of benzene rings is 2. The van der Waals surface area contributed by atoms with Crippen molar-refractivity contribution < 1.29 is 4.79 Å². The van der Waals surface area contributed by atoms with Crippen LogP contribution in [0.1, 0.15) is 21.7 Å². The topological polar surface area (TPSA) is 72.7 Å². The number of rotatable bonds is 3. The van der Waals surface area contributed by atoms with E-state index in [0.29, 0.717) is 17.1 Å². The summed E-state index contributed by atoms with van der Waals surface area (Å²) in [6, 6.07) is 17.2. The van der Waals surface area contributed by atoms with Crippen LogP contribution in [-0.4, -0.2) is 25.9 Å². The highest BCUT2D eigenvalue weighted by Crippen LogP contribution is 2.22. The summed E-state index contributed by atoms with van der Waals surface area (Å²) in [4.78, 5) is 17.1. The van der Waals surface area contributed by atoms with E-state index in [2.05, 4.69) is 20.6 Å². The van der Waals surface area contributed by atoms with Crippen LogP contribution in [0.4, 0.5) is 5.69 Å². The molecule has 0 atom stereocenters. The summed E-state index contributed by atoms with van der Waals surface area (Å²) in [6.07, 6.45) is 1.73. The molecule has 2 heterocycles.